The van der Waals surface area contributed by atoms with Crippen LogP contribution in [0, 0.1) is 13.8 Å². The Kier molecular flexibility index (Phi) is 4.63. The van der Waals surface area contributed by atoms with Crippen LogP contribution >= 0.6 is 0 Å². The fourth-order valence-corrected chi connectivity index (χ4v) is 2.47. The Bertz CT molecular complexity index is 635. The van der Waals surface area contributed by atoms with Crippen molar-refractivity contribution in [3.63, 3.8) is 0 Å². The Balaban J connectivity index is 2.27. The van der Waals surface area contributed by atoms with Crippen molar-refractivity contribution in [3.8, 4) is 0 Å². The van der Waals surface area contributed by atoms with E-state index in [1.165, 1.54) is 0 Å². The van der Waals surface area contributed by atoms with Gasteiger partial charge in [-0.2, -0.15) is 0 Å². The van der Waals surface area contributed by atoms with Crippen LogP contribution in [0.5, 0.6) is 0 Å². The first-order chi connectivity index (χ1) is 10.0. The number of nitrogen functional groups attached to an aromatic ring is 1. The van der Waals surface area contributed by atoms with E-state index >= 15 is 0 Å². The van der Waals surface area contributed by atoms with Gasteiger partial charge in [-0.25, -0.2) is 0 Å². The van der Waals surface area contributed by atoms with Crippen molar-refractivity contribution >= 4 is 17.3 Å². The van der Waals surface area contributed by atoms with E-state index in [-0.39, 0.29) is 11.8 Å². The highest BCUT2D eigenvalue weighted by Gasteiger charge is 2.20. The summed E-state index contributed by atoms with van der Waals surface area (Å²) in [5, 5.41) is 3.00. The van der Waals surface area contributed by atoms with Crippen molar-refractivity contribution in [1.82, 2.24) is 0 Å². The zero-order valence-corrected chi connectivity index (χ0v) is 12.8. The lowest BCUT2D eigenvalue weighted by atomic mass is 9.95. The molecule has 3 N–H and O–H groups in total. The number of benzene rings is 2. The topological polar surface area (TPSA) is 55.1 Å². The fraction of sp³-hybridized carbons (Fsp3) is 0.278. The molecule has 0 aromatic heterocycles. The largest absolute Gasteiger partial charge is 0.397 e. The first kappa shape index (κ1) is 15.1. The molecule has 2 aromatic rings. The van der Waals surface area contributed by atoms with Gasteiger partial charge in [-0.3, -0.25) is 4.79 Å². The minimum absolute atomic E-state index is 0.0101. The summed E-state index contributed by atoms with van der Waals surface area (Å²) in [7, 11) is 0. The van der Waals surface area contributed by atoms with Crippen molar-refractivity contribution in [2.45, 2.75) is 33.1 Å². The van der Waals surface area contributed by atoms with E-state index in [2.05, 4.69) is 5.32 Å². The fourth-order valence-electron chi connectivity index (χ4n) is 2.47. The second-order valence-electron chi connectivity index (χ2n) is 5.33. The van der Waals surface area contributed by atoms with Gasteiger partial charge in [0.15, 0.2) is 0 Å². The Morgan fingerprint density at radius 3 is 2.43 bits per heavy atom. The number of carbonyl (C=O) groups is 1. The lowest BCUT2D eigenvalue weighted by Gasteiger charge is -2.18. The highest BCUT2D eigenvalue weighted by molar-refractivity contribution is 5.99. The molecular weight excluding hydrogens is 260 g/mol. The average Bonchev–Trinajstić information content (AvgIpc) is 2.49. The molecule has 0 aliphatic rings. The maximum Gasteiger partial charge on any atom is 0.231 e. The zero-order chi connectivity index (χ0) is 15.4. The summed E-state index contributed by atoms with van der Waals surface area (Å²) in [5.74, 6) is -0.172. The number of amides is 1. The SMILES string of the molecule is CCC(C(=O)Nc1c(N)ccc(C)c1C)c1ccccc1. The summed E-state index contributed by atoms with van der Waals surface area (Å²) >= 11 is 0. The third-order valence-corrected chi connectivity index (χ3v) is 3.94. The van der Waals surface area contributed by atoms with Gasteiger partial charge in [0, 0.05) is 0 Å². The predicted molar refractivity (Wildman–Crippen MR) is 88.4 cm³/mol. The normalized spacial score (nSPS) is 12.0. The third kappa shape index (κ3) is 3.24. The van der Waals surface area contributed by atoms with Crippen LogP contribution in [-0.4, -0.2) is 5.91 Å². The molecule has 0 aliphatic heterocycles. The van der Waals surface area contributed by atoms with Gasteiger partial charge in [0.2, 0.25) is 5.91 Å². The molecule has 110 valence electrons. The molecule has 1 unspecified atom stereocenters. The van der Waals surface area contributed by atoms with Crippen molar-refractivity contribution in [1.29, 1.82) is 0 Å². The number of carbonyl (C=O) groups excluding carboxylic acids is 1. The van der Waals surface area contributed by atoms with Crippen LogP contribution in [0.1, 0.15) is 36.0 Å². The maximum absolute atomic E-state index is 12.6. The van der Waals surface area contributed by atoms with Crippen LogP contribution in [-0.2, 0) is 4.79 Å². The van der Waals surface area contributed by atoms with Crippen molar-refractivity contribution < 1.29 is 4.79 Å². The second kappa shape index (κ2) is 6.44. The Morgan fingerprint density at radius 1 is 1.14 bits per heavy atom. The van der Waals surface area contributed by atoms with Gasteiger partial charge >= 0.3 is 0 Å². The van der Waals surface area contributed by atoms with Crippen LogP contribution in [0.2, 0.25) is 0 Å². The van der Waals surface area contributed by atoms with E-state index in [9.17, 15) is 4.79 Å². The van der Waals surface area contributed by atoms with Crippen molar-refractivity contribution in [2.75, 3.05) is 11.1 Å². The molecule has 0 fully saturated rings. The van der Waals surface area contributed by atoms with Gasteiger partial charge < -0.3 is 11.1 Å². The molecule has 3 nitrogen and oxygen atoms in total. The molecule has 21 heavy (non-hydrogen) atoms. The van der Waals surface area contributed by atoms with E-state index in [0.717, 1.165) is 28.8 Å². The van der Waals surface area contributed by atoms with E-state index in [4.69, 9.17) is 5.73 Å². The second-order valence-corrected chi connectivity index (χ2v) is 5.33. The number of hydrogen-bond donors (Lipinski definition) is 2. The molecule has 2 aromatic carbocycles. The van der Waals surface area contributed by atoms with E-state index in [0.29, 0.717) is 5.69 Å². The third-order valence-electron chi connectivity index (χ3n) is 3.94. The Morgan fingerprint density at radius 2 is 1.81 bits per heavy atom. The summed E-state index contributed by atoms with van der Waals surface area (Å²) in [6, 6.07) is 13.6. The number of anilines is 2. The van der Waals surface area contributed by atoms with Crippen LogP contribution in [0.25, 0.3) is 0 Å². The van der Waals surface area contributed by atoms with Gasteiger partial charge in [0.1, 0.15) is 0 Å². The Labute approximate surface area is 126 Å². The summed E-state index contributed by atoms with van der Waals surface area (Å²) in [6.07, 6.45) is 0.751. The zero-order valence-electron chi connectivity index (χ0n) is 12.8. The minimum Gasteiger partial charge on any atom is -0.397 e. The molecular formula is C18H22N2O. The molecule has 0 heterocycles. The number of nitrogens with one attached hydrogen (secondary N) is 1. The van der Waals surface area contributed by atoms with Crippen molar-refractivity contribution in [2.24, 2.45) is 0 Å². The summed E-state index contributed by atoms with van der Waals surface area (Å²) in [6.45, 7) is 6.01. The minimum atomic E-state index is -0.162. The summed E-state index contributed by atoms with van der Waals surface area (Å²) in [4.78, 5) is 12.6. The molecule has 0 radical (unpaired) electrons. The van der Waals surface area contributed by atoms with Crippen LogP contribution in [0.3, 0.4) is 0 Å². The smallest absolute Gasteiger partial charge is 0.231 e. The van der Waals surface area contributed by atoms with E-state index in [1.54, 1.807) is 0 Å². The predicted octanol–water partition coefficient (Wildman–Crippen LogP) is 4.02. The van der Waals surface area contributed by atoms with Crippen molar-refractivity contribution in [3.05, 3.63) is 59.2 Å². The van der Waals surface area contributed by atoms with Gasteiger partial charge in [0.25, 0.3) is 0 Å². The van der Waals surface area contributed by atoms with Crippen LogP contribution in [0.15, 0.2) is 42.5 Å². The lowest BCUT2D eigenvalue weighted by Crippen LogP contribution is -2.22. The molecule has 1 atom stereocenters. The molecule has 0 saturated heterocycles. The molecule has 0 spiro atoms. The standard InChI is InChI=1S/C18H22N2O/c1-4-15(14-8-6-5-7-9-14)18(21)20-17-13(3)12(2)10-11-16(17)19/h5-11,15H,4,19H2,1-3H3,(H,20,21). The number of rotatable bonds is 4. The highest BCUT2D eigenvalue weighted by Crippen LogP contribution is 2.28. The molecule has 2 rings (SSSR count). The monoisotopic (exact) mass is 282 g/mol. The summed E-state index contributed by atoms with van der Waals surface area (Å²) < 4.78 is 0. The maximum atomic E-state index is 12.6. The number of nitrogens with two attached hydrogens (primary N) is 1. The first-order valence-corrected chi connectivity index (χ1v) is 7.26. The molecule has 0 bridgehead atoms. The molecule has 0 saturated carbocycles. The van der Waals surface area contributed by atoms with Crippen LogP contribution < -0.4 is 11.1 Å². The molecule has 3 heteroatoms. The van der Waals surface area contributed by atoms with Gasteiger partial charge in [-0.1, -0.05) is 43.3 Å². The van der Waals surface area contributed by atoms with E-state index in [1.807, 2.05) is 63.2 Å². The first-order valence-electron chi connectivity index (χ1n) is 7.26. The molecule has 1 amide bonds. The van der Waals surface area contributed by atoms with Gasteiger partial charge in [-0.05, 0) is 43.0 Å². The van der Waals surface area contributed by atoms with E-state index < -0.39 is 0 Å². The van der Waals surface area contributed by atoms with Crippen LogP contribution in [0.4, 0.5) is 11.4 Å². The Hall–Kier alpha value is -2.29. The highest BCUT2D eigenvalue weighted by atomic mass is 16.1. The molecule has 0 aliphatic carbocycles. The number of aryl methyl sites for hydroxylation is 1. The quantitative estimate of drug-likeness (QED) is 0.832. The lowest BCUT2D eigenvalue weighted by molar-refractivity contribution is -0.117. The van der Waals surface area contributed by atoms with Gasteiger partial charge in [-0.15, -0.1) is 0 Å². The summed E-state index contributed by atoms with van der Waals surface area (Å²) in [5.41, 5.74) is 10.5. The number of hydrogen-bond acceptors (Lipinski definition) is 2. The average molecular weight is 282 g/mol. The van der Waals surface area contributed by atoms with Gasteiger partial charge in [0.05, 0.1) is 17.3 Å².